The first-order chi connectivity index (χ1) is 16.4. The number of hydrogen-bond acceptors (Lipinski definition) is 6. The Kier molecular flexibility index (Phi) is 5.59. The van der Waals surface area contributed by atoms with Crippen molar-refractivity contribution >= 4 is 11.5 Å². The number of aryl methyl sites for hydroxylation is 1. The number of rotatable bonds is 3. The standard InChI is InChI=1S/C26H29FN6O/c1-14-20-11-18(27)6-7-19(20)25(28)17(12-30-2)9-22-24(16-10-23(34-14)26(29)31-13-16)21(32-33(22)3)8-15-4-5-15/h6-7,10-15,28,30H,4-5,8-9H2,1-3H3,(H2,29,31)/b17-12-,28-25?/t14-/m1/s1. The number of benzene rings is 1. The van der Waals surface area contributed by atoms with Crippen LogP contribution in [0.5, 0.6) is 5.75 Å². The maximum atomic E-state index is 14.3. The van der Waals surface area contributed by atoms with Gasteiger partial charge in [-0.1, -0.05) is 0 Å². The lowest BCUT2D eigenvalue weighted by atomic mass is 9.90. The molecule has 5 rings (SSSR count). The Morgan fingerprint density at radius 2 is 2.12 bits per heavy atom. The molecule has 176 valence electrons. The van der Waals surface area contributed by atoms with Crippen molar-refractivity contribution in [2.24, 2.45) is 13.0 Å². The molecule has 1 aliphatic carbocycles. The predicted octanol–water partition coefficient (Wildman–Crippen LogP) is 4.32. The smallest absolute Gasteiger partial charge is 0.166 e. The number of halogens is 1. The second-order valence-corrected chi connectivity index (χ2v) is 9.15. The summed E-state index contributed by atoms with van der Waals surface area (Å²) < 4.78 is 22.4. The van der Waals surface area contributed by atoms with Gasteiger partial charge in [-0.05, 0) is 61.9 Å². The van der Waals surface area contributed by atoms with E-state index in [9.17, 15) is 4.39 Å². The lowest BCUT2D eigenvalue weighted by Gasteiger charge is -2.22. The first kappa shape index (κ1) is 22.1. The molecule has 1 atom stereocenters. The highest BCUT2D eigenvalue weighted by Crippen LogP contribution is 2.40. The van der Waals surface area contributed by atoms with E-state index in [1.807, 2.05) is 38.0 Å². The number of anilines is 1. The van der Waals surface area contributed by atoms with Crippen LogP contribution in [0.4, 0.5) is 10.2 Å². The second-order valence-electron chi connectivity index (χ2n) is 9.15. The van der Waals surface area contributed by atoms with Crippen molar-refractivity contribution < 1.29 is 9.13 Å². The Hall–Kier alpha value is -3.68. The van der Waals surface area contributed by atoms with E-state index in [0.717, 1.165) is 34.5 Å². The quantitative estimate of drug-likeness (QED) is 0.540. The summed E-state index contributed by atoms with van der Waals surface area (Å²) in [5.41, 5.74) is 12.4. The van der Waals surface area contributed by atoms with Crippen LogP contribution in [0.15, 0.2) is 42.2 Å². The number of nitrogens with two attached hydrogens (primary N) is 1. The number of hydrogen-bond donors (Lipinski definition) is 3. The van der Waals surface area contributed by atoms with E-state index in [-0.39, 0.29) is 11.6 Å². The summed E-state index contributed by atoms with van der Waals surface area (Å²) >= 11 is 0. The van der Waals surface area contributed by atoms with Gasteiger partial charge in [0.05, 0.1) is 17.1 Å². The average Bonchev–Trinajstić information content (AvgIpc) is 3.57. The number of allylic oxidation sites excluding steroid dienone is 1. The Morgan fingerprint density at radius 3 is 2.85 bits per heavy atom. The highest BCUT2D eigenvalue weighted by Gasteiger charge is 2.29. The molecule has 1 aliphatic heterocycles. The SMILES string of the molecule is CN/C=C1/Cc2c(c(CC3CC3)nn2C)-c2cnc(N)c(c2)O[C@H](C)c2cc(F)ccc2C1=N. The van der Waals surface area contributed by atoms with Gasteiger partial charge < -0.3 is 15.8 Å². The molecule has 0 saturated heterocycles. The molecule has 34 heavy (non-hydrogen) atoms. The summed E-state index contributed by atoms with van der Waals surface area (Å²) in [4.78, 5) is 4.42. The fourth-order valence-electron chi connectivity index (χ4n) is 4.67. The van der Waals surface area contributed by atoms with Crippen molar-refractivity contribution in [2.75, 3.05) is 12.8 Å². The van der Waals surface area contributed by atoms with Gasteiger partial charge in [-0.3, -0.25) is 10.1 Å². The minimum absolute atomic E-state index is 0.269. The van der Waals surface area contributed by atoms with Crippen molar-refractivity contribution in [3.8, 4) is 16.9 Å². The zero-order chi connectivity index (χ0) is 24.0. The molecule has 7 nitrogen and oxygen atoms in total. The van der Waals surface area contributed by atoms with Crippen LogP contribution >= 0.6 is 0 Å². The average molecular weight is 461 g/mol. The summed E-state index contributed by atoms with van der Waals surface area (Å²) in [6, 6.07) is 6.35. The van der Waals surface area contributed by atoms with Gasteiger partial charge >= 0.3 is 0 Å². The largest absolute Gasteiger partial charge is 0.482 e. The first-order valence-corrected chi connectivity index (χ1v) is 11.6. The number of pyridine rings is 1. The van der Waals surface area contributed by atoms with Gasteiger partial charge in [-0.15, -0.1) is 0 Å². The number of aromatic nitrogens is 3. The first-order valence-electron chi connectivity index (χ1n) is 11.6. The minimum atomic E-state index is -0.542. The highest BCUT2D eigenvalue weighted by atomic mass is 19.1. The van der Waals surface area contributed by atoms with Crippen molar-refractivity contribution in [2.45, 2.75) is 38.7 Å². The predicted molar refractivity (Wildman–Crippen MR) is 130 cm³/mol. The maximum Gasteiger partial charge on any atom is 0.166 e. The highest BCUT2D eigenvalue weighted by molar-refractivity contribution is 6.11. The second kappa shape index (κ2) is 8.59. The molecule has 3 heterocycles. The normalized spacial score (nSPS) is 19.0. The third-order valence-electron chi connectivity index (χ3n) is 6.61. The van der Waals surface area contributed by atoms with E-state index in [4.69, 9.17) is 21.0 Å². The molecular formula is C26H29FN6O. The number of ether oxygens (including phenoxy) is 1. The zero-order valence-corrected chi connectivity index (χ0v) is 19.7. The Balaban J connectivity index is 1.75. The maximum absolute atomic E-state index is 14.3. The number of nitrogens with one attached hydrogen (secondary N) is 2. The molecular weight excluding hydrogens is 431 g/mol. The van der Waals surface area contributed by atoms with E-state index in [2.05, 4.69) is 10.3 Å². The molecule has 0 amide bonds. The summed E-state index contributed by atoms with van der Waals surface area (Å²) in [7, 11) is 3.75. The monoisotopic (exact) mass is 460 g/mol. The minimum Gasteiger partial charge on any atom is -0.482 e. The Labute approximate surface area is 198 Å². The van der Waals surface area contributed by atoms with Crippen molar-refractivity contribution in [1.29, 1.82) is 5.41 Å². The zero-order valence-electron chi connectivity index (χ0n) is 19.7. The topological polar surface area (TPSA) is 102 Å². The fraction of sp³-hybridized carbons (Fsp3) is 0.346. The van der Waals surface area contributed by atoms with Gasteiger partial charge in [0.1, 0.15) is 11.9 Å². The molecule has 8 heteroatoms. The Bertz CT molecular complexity index is 1310. The van der Waals surface area contributed by atoms with E-state index in [1.165, 1.54) is 25.0 Å². The van der Waals surface area contributed by atoms with Crippen LogP contribution in [0.1, 0.15) is 48.4 Å². The van der Waals surface area contributed by atoms with Gasteiger partial charge in [0.25, 0.3) is 0 Å². The van der Waals surface area contributed by atoms with Gasteiger partial charge in [-0.25, -0.2) is 9.37 Å². The lowest BCUT2D eigenvalue weighted by Crippen LogP contribution is -2.17. The van der Waals surface area contributed by atoms with Crippen LogP contribution in [-0.4, -0.2) is 27.5 Å². The molecule has 1 aromatic carbocycles. The van der Waals surface area contributed by atoms with E-state index < -0.39 is 6.10 Å². The summed E-state index contributed by atoms with van der Waals surface area (Å²) in [6.07, 6.45) is 6.88. The van der Waals surface area contributed by atoms with Gasteiger partial charge in [0.15, 0.2) is 11.6 Å². The number of fused-ring (bicyclic) bond motifs is 5. The molecule has 0 radical (unpaired) electrons. The van der Waals surface area contributed by atoms with Gasteiger partial charge in [0.2, 0.25) is 0 Å². The van der Waals surface area contributed by atoms with E-state index in [0.29, 0.717) is 34.9 Å². The van der Waals surface area contributed by atoms with Crippen LogP contribution < -0.4 is 15.8 Å². The van der Waals surface area contributed by atoms with Crippen LogP contribution in [-0.2, 0) is 19.9 Å². The third-order valence-corrected chi connectivity index (χ3v) is 6.61. The molecule has 2 aromatic heterocycles. The van der Waals surface area contributed by atoms with E-state index >= 15 is 0 Å². The Morgan fingerprint density at radius 1 is 1.32 bits per heavy atom. The number of nitrogens with zero attached hydrogens (tertiary/aromatic N) is 3. The van der Waals surface area contributed by atoms with Crippen molar-refractivity contribution in [3.63, 3.8) is 0 Å². The molecule has 2 aliphatic rings. The van der Waals surface area contributed by atoms with Crippen molar-refractivity contribution in [1.82, 2.24) is 20.1 Å². The number of nitrogen functional groups attached to an aromatic ring is 1. The molecule has 2 bridgehead atoms. The lowest BCUT2D eigenvalue weighted by molar-refractivity contribution is 0.227. The molecule has 3 aromatic rings. The van der Waals surface area contributed by atoms with Crippen molar-refractivity contribution in [3.05, 3.63) is 70.6 Å². The summed E-state index contributed by atoms with van der Waals surface area (Å²) in [5.74, 6) is 0.980. The van der Waals surface area contributed by atoms with Crippen LogP contribution in [0.25, 0.3) is 11.1 Å². The van der Waals surface area contributed by atoms with Crippen LogP contribution in [0.3, 0.4) is 0 Å². The van der Waals surface area contributed by atoms with Gasteiger partial charge in [0, 0.05) is 55.2 Å². The molecule has 0 unspecified atom stereocenters. The molecule has 1 saturated carbocycles. The van der Waals surface area contributed by atoms with Gasteiger partial charge in [-0.2, -0.15) is 5.10 Å². The molecule has 4 N–H and O–H groups in total. The third kappa shape index (κ3) is 4.04. The summed E-state index contributed by atoms with van der Waals surface area (Å²) in [5, 5.41) is 17.0. The van der Waals surface area contributed by atoms with E-state index in [1.54, 1.807) is 12.3 Å². The summed E-state index contributed by atoms with van der Waals surface area (Å²) in [6.45, 7) is 1.83. The molecule has 1 fully saturated rings. The molecule has 0 spiro atoms. The van der Waals surface area contributed by atoms with Crippen LogP contribution in [0.2, 0.25) is 0 Å². The fourth-order valence-corrected chi connectivity index (χ4v) is 4.67. The van der Waals surface area contributed by atoms with Crippen LogP contribution in [0, 0.1) is 17.1 Å².